The Kier molecular flexibility index (Phi) is 6.29. The first-order chi connectivity index (χ1) is 16.7. The number of amides is 1. The summed E-state index contributed by atoms with van der Waals surface area (Å²) in [4.78, 5) is 26.1. The average Bonchev–Trinajstić information content (AvgIpc) is 3.24. The second-order valence-corrected chi connectivity index (χ2v) is 7.55. The maximum absolute atomic E-state index is 14.1. The number of nitrogens with zero attached hydrogens (tertiary/aromatic N) is 3. The topological polar surface area (TPSA) is 99.2 Å². The maximum Gasteiger partial charge on any atom is 0.297 e. The third-order valence-electron chi connectivity index (χ3n) is 5.43. The highest BCUT2D eigenvalue weighted by Crippen LogP contribution is 2.30. The third-order valence-corrected chi connectivity index (χ3v) is 5.43. The summed E-state index contributed by atoms with van der Waals surface area (Å²) in [5.41, 5.74) is -1.45. The average molecular weight is 490 g/mol. The highest BCUT2D eigenvalue weighted by molar-refractivity contribution is 5.95. The van der Waals surface area contributed by atoms with Crippen LogP contribution in [0.25, 0.3) is 22.2 Å². The van der Waals surface area contributed by atoms with Gasteiger partial charge in [0.25, 0.3) is 5.56 Å². The van der Waals surface area contributed by atoms with E-state index in [0.29, 0.717) is 22.5 Å². The van der Waals surface area contributed by atoms with Gasteiger partial charge in [-0.25, -0.2) is 22.2 Å². The highest BCUT2D eigenvalue weighted by atomic mass is 19.2. The molecular formula is C23H18F4N4O4. The second-order valence-electron chi connectivity index (χ2n) is 7.55. The summed E-state index contributed by atoms with van der Waals surface area (Å²) in [6, 6.07) is 5.27. The lowest BCUT2D eigenvalue weighted by atomic mass is 10.1. The van der Waals surface area contributed by atoms with Gasteiger partial charge in [0.1, 0.15) is 28.9 Å². The number of methoxy groups -OCH3 is 1. The van der Waals surface area contributed by atoms with E-state index in [9.17, 15) is 27.2 Å². The molecule has 0 radical (unpaired) electrons. The van der Waals surface area contributed by atoms with Gasteiger partial charge in [0, 0.05) is 11.6 Å². The zero-order valence-electron chi connectivity index (χ0n) is 18.7. The predicted octanol–water partition coefficient (Wildman–Crippen LogP) is 4.51. The maximum atomic E-state index is 14.1. The molecule has 8 nitrogen and oxygen atoms in total. The molecule has 2 heterocycles. The fourth-order valence-corrected chi connectivity index (χ4v) is 3.63. The van der Waals surface area contributed by atoms with Crippen LogP contribution in [0.2, 0.25) is 0 Å². The van der Waals surface area contributed by atoms with Gasteiger partial charge in [-0.1, -0.05) is 12.1 Å². The fourth-order valence-electron chi connectivity index (χ4n) is 3.63. The van der Waals surface area contributed by atoms with Gasteiger partial charge in [0.2, 0.25) is 5.91 Å². The van der Waals surface area contributed by atoms with Crippen LogP contribution in [0.5, 0.6) is 5.75 Å². The standard InChI is InChI=1S/C23H18F4N4O4/c1-4-15(22(32)28-21-17(26)13(24)9-14(25)18(21)27)31-23(33)20-16(10(2)35-30-20)19(29-31)11-5-7-12(34-3)8-6-11/h5-9,15H,4H2,1-3H3,(H,28,32)/t15-/m0/s1. The van der Waals surface area contributed by atoms with E-state index in [0.717, 1.165) is 4.68 Å². The number of aryl methyl sites for hydroxylation is 1. The molecule has 0 fully saturated rings. The molecule has 2 aromatic heterocycles. The minimum Gasteiger partial charge on any atom is -0.497 e. The van der Waals surface area contributed by atoms with Crippen LogP contribution in [-0.4, -0.2) is 28.0 Å². The lowest BCUT2D eigenvalue weighted by Crippen LogP contribution is -2.35. The Morgan fingerprint density at radius 3 is 2.34 bits per heavy atom. The van der Waals surface area contributed by atoms with Crippen molar-refractivity contribution in [2.24, 2.45) is 0 Å². The van der Waals surface area contributed by atoms with E-state index in [1.807, 2.05) is 5.32 Å². The summed E-state index contributed by atoms with van der Waals surface area (Å²) in [6.45, 7) is 3.10. The number of halogens is 4. The fraction of sp³-hybridized carbons (Fsp3) is 0.217. The van der Waals surface area contributed by atoms with Crippen molar-refractivity contribution in [3.8, 4) is 17.0 Å². The number of benzene rings is 2. The van der Waals surface area contributed by atoms with Crippen molar-refractivity contribution in [2.45, 2.75) is 26.3 Å². The molecule has 1 N–H and O–H groups in total. The van der Waals surface area contributed by atoms with Crippen LogP contribution in [0, 0.1) is 30.2 Å². The van der Waals surface area contributed by atoms with Crippen molar-refractivity contribution in [1.29, 1.82) is 0 Å². The van der Waals surface area contributed by atoms with E-state index in [2.05, 4.69) is 10.3 Å². The lowest BCUT2D eigenvalue weighted by molar-refractivity contribution is -0.119. The molecule has 1 atom stereocenters. The molecule has 182 valence electrons. The van der Waals surface area contributed by atoms with Crippen LogP contribution in [-0.2, 0) is 4.79 Å². The van der Waals surface area contributed by atoms with Gasteiger partial charge in [-0.2, -0.15) is 5.10 Å². The summed E-state index contributed by atoms with van der Waals surface area (Å²) in [5.74, 6) is -7.20. The van der Waals surface area contributed by atoms with Crippen molar-refractivity contribution in [1.82, 2.24) is 14.9 Å². The van der Waals surface area contributed by atoms with E-state index in [-0.39, 0.29) is 23.7 Å². The van der Waals surface area contributed by atoms with Crippen molar-refractivity contribution in [3.63, 3.8) is 0 Å². The molecule has 4 aromatic rings. The largest absolute Gasteiger partial charge is 0.497 e. The molecule has 35 heavy (non-hydrogen) atoms. The van der Waals surface area contributed by atoms with Crippen molar-refractivity contribution in [3.05, 3.63) is 69.7 Å². The van der Waals surface area contributed by atoms with Crippen molar-refractivity contribution < 1.29 is 31.6 Å². The number of hydrogen-bond acceptors (Lipinski definition) is 6. The smallest absolute Gasteiger partial charge is 0.297 e. The first-order valence-corrected chi connectivity index (χ1v) is 10.3. The molecule has 0 spiro atoms. The van der Waals surface area contributed by atoms with Crippen LogP contribution in [0.3, 0.4) is 0 Å². The number of fused-ring (bicyclic) bond motifs is 1. The molecule has 0 aliphatic rings. The Bertz CT molecular complexity index is 1470. The van der Waals surface area contributed by atoms with Gasteiger partial charge in [0.05, 0.1) is 12.5 Å². The first-order valence-electron chi connectivity index (χ1n) is 10.3. The van der Waals surface area contributed by atoms with Gasteiger partial charge in [-0.05, 0) is 37.6 Å². The number of carbonyl (C=O) groups is 1. The Balaban J connectivity index is 1.84. The SMILES string of the molecule is CC[C@@H](C(=O)Nc1c(F)c(F)cc(F)c1F)n1nc(-c2ccc(OC)cc2)c2c(C)onc2c1=O. The van der Waals surface area contributed by atoms with E-state index in [1.54, 1.807) is 31.2 Å². The second kappa shape index (κ2) is 9.20. The van der Waals surface area contributed by atoms with Crippen LogP contribution in [0.4, 0.5) is 23.2 Å². The van der Waals surface area contributed by atoms with E-state index < -0.39 is 46.5 Å². The van der Waals surface area contributed by atoms with Crippen molar-refractivity contribution >= 4 is 22.5 Å². The number of aromatic nitrogens is 3. The van der Waals surface area contributed by atoms with Gasteiger partial charge in [-0.15, -0.1) is 0 Å². The van der Waals surface area contributed by atoms with Gasteiger partial charge >= 0.3 is 0 Å². The monoisotopic (exact) mass is 490 g/mol. The van der Waals surface area contributed by atoms with Gasteiger partial charge < -0.3 is 14.6 Å². The van der Waals surface area contributed by atoms with Crippen LogP contribution >= 0.6 is 0 Å². The molecule has 0 aliphatic heterocycles. The highest BCUT2D eigenvalue weighted by Gasteiger charge is 2.29. The molecule has 12 heteroatoms. The molecular weight excluding hydrogens is 472 g/mol. The lowest BCUT2D eigenvalue weighted by Gasteiger charge is -2.18. The van der Waals surface area contributed by atoms with Crippen LogP contribution < -0.4 is 15.6 Å². The van der Waals surface area contributed by atoms with Crippen LogP contribution in [0.1, 0.15) is 25.1 Å². The molecule has 0 saturated carbocycles. The molecule has 4 rings (SSSR count). The number of rotatable bonds is 6. The van der Waals surface area contributed by atoms with Gasteiger partial charge in [0.15, 0.2) is 28.8 Å². The Labute approximate surface area is 195 Å². The van der Waals surface area contributed by atoms with Crippen LogP contribution in [0.15, 0.2) is 39.6 Å². The number of nitrogens with one attached hydrogen (secondary N) is 1. The Morgan fingerprint density at radius 1 is 1.14 bits per heavy atom. The molecule has 1 amide bonds. The summed E-state index contributed by atoms with van der Waals surface area (Å²) >= 11 is 0. The predicted molar refractivity (Wildman–Crippen MR) is 117 cm³/mol. The Morgan fingerprint density at radius 2 is 1.77 bits per heavy atom. The van der Waals surface area contributed by atoms with E-state index in [4.69, 9.17) is 9.26 Å². The third kappa shape index (κ3) is 4.11. The molecule has 0 unspecified atom stereocenters. The first kappa shape index (κ1) is 23.9. The zero-order valence-corrected chi connectivity index (χ0v) is 18.7. The summed E-state index contributed by atoms with van der Waals surface area (Å²) in [6.07, 6.45) is -0.0653. The van der Waals surface area contributed by atoms with Gasteiger partial charge in [-0.3, -0.25) is 9.59 Å². The summed E-state index contributed by atoms with van der Waals surface area (Å²) in [5, 5.41) is 10.3. The zero-order chi connectivity index (χ0) is 25.4. The Hall–Kier alpha value is -4.22. The quantitative estimate of drug-likeness (QED) is 0.315. The van der Waals surface area contributed by atoms with E-state index in [1.165, 1.54) is 14.0 Å². The van der Waals surface area contributed by atoms with Crippen molar-refractivity contribution in [2.75, 3.05) is 12.4 Å². The normalized spacial score (nSPS) is 12.1. The minimum absolute atomic E-state index is 0.0195. The number of carbonyl (C=O) groups excluding carboxylic acids is 1. The number of hydrogen-bond donors (Lipinski definition) is 1. The number of ether oxygens (including phenoxy) is 1. The molecule has 0 bridgehead atoms. The summed E-state index contributed by atoms with van der Waals surface area (Å²) < 4.78 is 66.5. The minimum atomic E-state index is -1.78. The van der Waals surface area contributed by atoms with E-state index >= 15 is 0 Å². The molecule has 2 aromatic carbocycles. The molecule has 0 aliphatic carbocycles. The summed E-state index contributed by atoms with van der Waals surface area (Å²) in [7, 11) is 1.50. The number of anilines is 1. The molecule has 0 saturated heterocycles.